The lowest BCUT2D eigenvalue weighted by molar-refractivity contribution is 0.0950. The third kappa shape index (κ3) is 2.79. The summed E-state index contributed by atoms with van der Waals surface area (Å²) in [6, 6.07) is 11.5. The Morgan fingerprint density at radius 1 is 1.18 bits per heavy atom. The molecule has 3 aromatic rings. The molecule has 0 unspecified atom stereocenters. The van der Waals surface area contributed by atoms with E-state index in [1.165, 1.54) is 11.8 Å². The van der Waals surface area contributed by atoms with E-state index in [0.717, 1.165) is 5.56 Å². The van der Waals surface area contributed by atoms with Gasteiger partial charge in [-0.1, -0.05) is 35.0 Å². The monoisotopic (exact) mass is 296 g/mol. The number of carbonyl (C=O) groups excluding carboxylic acids is 1. The molecule has 3 rings (SSSR count). The van der Waals surface area contributed by atoms with Crippen LogP contribution < -0.4 is 5.32 Å². The molecule has 2 heterocycles. The van der Waals surface area contributed by atoms with E-state index >= 15 is 0 Å². The number of rotatable bonds is 4. The number of carbonyl (C=O) groups is 1. The Hall–Kier alpha value is -2.82. The first kappa shape index (κ1) is 14.1. The van der Waals surface area contributed by atoms with E-state index in [9.17, 15) is 4.79 Å². The number of amides is 1. The van der Waals surface area contributed by atoms with Crippen molar-refractivity contribution in [1.29, 1.82) is 0 Å². The average molecular weight is 296 g/mol. The summed E-state index contributed by atoms with van der Waals surface area (Å²) in [4.78, 5) is 12.4. The summed E-state index contributed by atoms with van der Waals surface area (Å²) in [5.41, 5.74) is 3.05. The van der Waals surface area contributed by atoms with E-state index in [1.54, 1.807) is 19.1 Å². The van der Waals surface area contributed by atoms with Crippen molar-refractivity contribution in [1.82, 2.24) is 10.5 Å². The number of aromatic nitrogens is 1. The molecular formula is C17H16N2O3. The van der Waals surface area contributed by atoms with Crippen LogP contribution in [0.15, 0.2) is 51.6 Å². The van der Waals surface area contributed by atoms with Crippen LogP contribution in [0.3, 0.4) is 0 Å². The van der Waals surface area contributed by atoms with E-state index in [1.807, 2.05) is 31.2 Å². The number of nitrogens with zero attached hydrogens (tertiary/aromatic N) is 1. The van der Waals surface area contributed by atoms with Gasteiger partial charge in [-0.3, -0.25) is 4.79 Å². The second kappa shape index (κ2) is 5.89. The maximum absolute atomic E-state index is 12.4. The summed E-state index contributed by atoms with van der Waals surface area (Å²) in [5.74, 6) is 0.746. The lowest BCUT2D eigenvalue weighted by Gasteiger charge is -2.05. The third-order valence-corrected chi connectivity index (χ3v) is 3.42. The van der Waals surface area contributed by atoms with E-state index in [0.29, 0.717) is 29.3 Å². The van der Waals surface area contributed by atoms with E-state index in [-0.39, 0.29) is 5.91 Å². The van der Waals surface area contributed by atoms with Gasteiger partial charge >= 0.3 is 0 Å². The van der Waals surface area contributed by atoms with Gasteiger partial charge in [-0.15, -0.1) is 0 Å². The molecule has 5 heteroatoms. The Labute approximate surface area is 127 Å². The molecule has 0 atom stereocenters. The Morgan fingerprint density at radius 3 is 2.64 bits per heavy atom. The van der Waals surface area contributed by atoms with Gasteiger partial charge in [0.1, 0.15) is 11.3 Å². The summed E-state index contributed by atoms with van der Waals surface area (Å²) in [6.07, 6.45) is 1.54. The van der Waals surface area contributed by atoms with Gasteiger partial charge in [-0.05, 0) is 31.5 Å². The van der Waals surface area contributed by atoms with Crippen molar-refractivity contribution >= 4 is 5.91 Å². The third-order valence-electron chi connectivity index (χ3n) is 3.42. The summed E-state index contributed by atoms with van der Waals surface area (Å²) in [7, 11) is 0. The lowest BCUT2D eigenvalue weighted by Crippen LogP contribution is -2.23. The van der Waals surface area contributed by atoms with Gasteiger partial charge in [-0.2, -0.15) is 0 Å². The maximum atomic E-state index is 12.4. The fourth-order valence-corrected chi connectivity index (χ4v) is 2.20. The van der Waals surface area contributed by atoms with Crippen LogP contribution in [0.1, 0.15) is 27.2 Å². The van der Waals surface area contributed by atoms with Crippen LogP contribution in [0.5, 0.6) is 0 Å². The van der Waals surface area contributed by atoms with Crippen LogP contribution in [-0.2, 0) is 6.54 Å². The number of nitrogens with one attached hydrogen (secondary N) is 1. The zero-order valence-electron chi connectivity index (χ0n) is 12.4. The second-order valence-corrected chi connectivity index (χ2v) is 5.11. The second-order valence-electron chi connectivity index (χ2n) is 5.11. The van der Waals surface area contributed by atoms with Gasteiger partial charge in [0.05, 0.1) is 6.26 Å². The van der Waals surface area contributed by atoms with Crippen LogP contribution >= 0.6 is 0 Å². The number of benzene rings is 1. The SMILES string of the molecule is Cc1ccc(CNC(=O)c2c(-c3ccco3)noc2C)cc1. The zero-order chi connectivity index (χ0) is 15.5. The van der Waals surface area contributed by atoms with Crippen molar-refractivity contribution < 1.29 is 13.7 Å². The Balaban J connectivity index is 1.78. The highest BCUT2D eigenvalue weighted by Gasteiger charge is 2.22. The van der Waals surface area contributed by atoms with Gasteiger partial charge in [0.25, 0.3) is 5.91 Å². The fourth-order valence-electron chi connectivity index (χ4n) is 2.20. The molecule has 0 aliphatic carbocycles. The first-order chi connectivity index (χ1) is 10.6. The van der Waals surface area contributed by atoms with Crippen LogP contribution in [0.25, 0.3) is 11.5 Å². The lowest BCUT2D eigenvalue weighted by atomic mass is 10.1. The molecule has 0 aliphatic heterocycles. The average Bonchev–Trinajstić information content (AvgIpc) is 3.15. The van der Waals surface area contributed by atoms with Gasteiger partial charge in [-0.25, -0.2) is 0 Å². The molecule has 0 spiro atoms. The fraction of sp³-hybridized carbons (Fsp3) is 0.176. The number of hydrogen-bond acceptors (Lipinski definition) is 4. The molecule has 112 valence electrons. The maximum Gasteiger partial charge on any atom is 0.257 e. The summed E-state index contributed by atoms with van der Waals surface area (Å²) in [6.45, 7) is 4.18. The first-order valence-electron chi connectivity index (χ1n) is 6.99. The number of hydrogen-bond donors (Lipinski definition) is 1. The van der Waals surface area contributed by atoms with Crippen molar-refractivity contribution in [3.8, 4) is 11.5 Å². The quantitative estimate of drug-likeness (QED) is 0.800. The van der Waals surface area contributed by atoms with Crippen molar-refractivity contribution in [3.63, 3.8) is 0 Å². The minimum atomic E-state index is -0.231. The predicted octanol–water partition coefficient (Wildman–Crippen LogP) is 3.48. The highest BCUT2D eigenvalue weighted by Crippen LogP contribution is 2.25. The normalized spacial score (nSPS) is 10.6. The Morgan fingerprint density at radius 2 is 1.95 bits per heavy atom. The molecule has 1 amide bonds. The van der Waals surface area contributed by atoms with Crippen molar-refractivity contribution in [2.45, 2.75) is 20.4 Å². The molecule has 0 bridgehead atoms. The summed E-state index contributed by atoms with van der Waals surface area (Å²) in [5, 5.41) is 6.80. The molecule has 5 nitrogen and oxygen atoms in total. The molecule has 2 aromatic heterocycles. The molecule has 0 saturated carbocycles. The molecule has 0 radical (unpaired) electrons. The Bertz CT molecular complexity index is 771. The van der Waals surface area contributed by atoms with Crippen molar-refractivity contribution in [2.75, 3.05) is 0 Å². The molecule has 0 aliphatic rings. The standard InChI is InChI=1S/C17H16N2O3/c1-11-5-7-13(8-6-11)10-18-17(20)15-12(2)22-19-16(15)14-4-3-9-21-14/h3-9H,10H2,1-2H3,(H,18,20). The smallest absolute Gasteiger partial charge is 0.257 e. The predicted molar refractivity (Wildman–Crippen MR) is 81.3 cm³/mol. The van der Waals surface area contributed by atoms with Gasteiger partial charge in [0.2, 0.25) is 0 Å². The molecular weight excluding hydrogens is 280 g/mol. The molecule has 1 N–H and O–H groups in total. The largest absolute Gasteiger partial charge is 0.463 e. The van der Waals surface area contributed by atoms with Crippen LogP contribution in [0, 0.1) is 13.8 Å². The molecule has 22 heavy (non-hydrogen) atoms. The zero-order valence-corrected chi connectivity index (χ0v) is 12.4. The topological polar surface area (TPSA) is 68.3 Å². The highest BCUT2D eigenvalue weighted by molar-refractivity contribution is 6.00. The van der Waals surface area contributed by atoms with Gasteiger partial charge in [0, 0.05) is 6.54 Å². The number of furan rings is 1. The molecule has 1 aromatic carbocycles. The van der Waals surface area contributed by atoms with Gasteiger partial charge in [0.15, 0.2) is 11.5 Å². The summed E-state index contributed by atoms with van der Waals surface area (Å²) >= 11 is 0. The van der Waals surface area contributed by atoms with Crippen molar-refractivity contribution in [3.05, 3.63) is 65.1 Å². The minimum Gasteiger partial charge on any atom is -0.463 e. The van der Waals surface area contributed by atoms with Crippen LogP contribution in [0.4, 0.5) is 0 Å². The molecule has 0 saturated heterocycles. The van der Waals surface area contributed by atoms with Gasteiger partial charge < -0.3 is 14.3 Å². The highest BCUT2D eigenvalue weighted by atomic mass is 16.5. The van der Waals surface area contributed by atoms with E-state index in [4.69, 9.17) is 8.94 Å². The van der Waals surface area contributed by atoms with E-state index in [2.05, 4.69) is 10.5 Å². The first-order valence-corrected chi connectivity index (χ1v) is 6.99. The number of aryl methyl sites for hydroxylation is 2. The van der Waals surface area contributed by atoms with E-state index < -0.39 is 0 Å². The summed E-state index contributed by atoms with van der Waals surface area (Å²) < 4.78 is 10.4. The van der Waals surface area contributed by atoms with Crippen molar-refractivity contribution in [2.24, 2.45) is 0 Å². The van der Waals surface area contributed by atoms with Crippen LogP contribution in [-0.4, -0.2) is 11.1 Å². The van der Waals surface area contributed by atoms with Crippen LogP contribution in [0.2, 0.25) is 0 Å². The minimum absolute atomic E-state index is 0.231. The molecule has 0 fully saturated rings. The Kier molecular flexibility index (Phi) is 3.78.